The molecule has 0 radical (unpaired) electrons. The van der Waals surface area contributed by atoms with Crippen LogP contribution in [0.3, 0.4) is 0 Å². The predicted octanol–water partition coefficient (Wildman–Crippen LogP) is 0.793. The van der Waals surface area contributed by atoms with Gasteiger partial charge >= 0.3 is 0 Å². The van der Waals surface area contributed by atoms with E-state index in [2.05, 4.69) is 6.58 Å². The molecular weight excluding hydrogens is 222 g/mol. The van der Waals surface area contributed by atoms with Gasteiger partial charge in [-0.2, -0.15) is 0 Å². The minimum atomic E-state index is 0.634. The summed E-state index contributed by atoms with van der Waals surface area (Å²) in [5.41, 5.74) is 7.75. The summed E-state index contributed by atoms with van der Waals surface area (Å²) in [5.74, 6) is 5.97. The average molecular weight is 239 g/mol. The van der Waals surface area contributed by atoms with Crippen molar-refractivity contribution in [3.05, 3.63) is 64.5 Å². The van der Waals surface area contributed by atoms with E-state index in [1.807, 2.05) is 54.7 Å². The van der Waals surface area contributed by atoms with Crippen LogP contribution in [0.25, 0.3) is 12.8 Å². The molecule has 3 heteroatoms. The van der Waals surface area contributed by atoms with Gasteiger partial charge in [0.05, 0.1) is 6.54 Å². The molecule has 0 atom stereocenters. The summed E-state index contributed by atoms with van der Waals surface area (Å²) in [6.07, 6.45) is 1.82. The Bertz CT molecular complexity index is 620. The number of anilines is 1. The molecular formula is C15H17N3. The number of hydrogen-bond donors (Lipinski definition) is 2. The smallest absolute Gasteiger partial charge is 0.0585 e. The van der Waals surface area contributed by atoms with Gasteiger partial charge in [0, 0.05) is 17.1 Å². The van der Waals surface area contributed by atoms with E-state index in [0.717, 1.165) is 16.0 Å². The van der Waals surface area contributed by atoms with Gasteiger partial charge in [-0.15, -0.1) is 0 Å². The van der Waals surface area contributed by atoms with Crippen molar-refractivity contribution in [2.45, 2.75) is 6.54 Å². The van der Waals surface area contributed by atoms with Crippen molar-refractivity contribution < 1.29 is 0 Å². The zero-order chi connectivity index (χ0) is 13.0. The van der Waals surface area contributed by atoms with E-state index in [9.17, 15) is 0 Å². The normalized spacial score (nSPS) is 11.5. The summed E-state index contributed by atoms with van der Waals surface area (Å²) >= 11 is 0. The molecule has 2 rings (SSSR count). The van der Waals surface area contributed by atoms with Gasteiger partial charge in [0.1, 0.15) is 0 Å². The van der Waals surface area contributed by atoms with Gasteiger partial charge in [-0.05, 0) is 16.8 Å². The number of benzene rings is 2. The third-order valence-corrected chi connectivity index (χ3v) is 2.73. The first-order valence-corrected chi connectivity index (χ1v) is 5.77. The largest absolute Gasteiger partial charge is 0.398 e. The Balaban J connectivity index is 2.26. The summed E-state index contributed by atoms with van der Waals surface area (Å²) in [4.78, 5) is 0. The Kier molecular flexibility index (Phi) is 3.65. The first-order chi connectivity index (χ1) is 8.66. The van der Waals surface area contributed by atoms with Gasteiger partial charge in [0.25, 0.3) is 0 Å². The highest BCUT2D eigenvalue weighted by atomic mass is 15.4. The molecule has 0 unspecified atom stereocenters. The summed E-state index contributed by atoms with van der Waals surface area (Å²) in [7, 11) is 0. The molecule has 0 aliphatic heterocycles. The van der Waals surface area contributed by atoms with Crippen LogP contribution in [0.4, 0.5) is 5.69 Å². The van der Waals surface area contributed by atoms with Crippen LogP contribution in [-0.2, 0) is 6.54 Å². The first kappa shape index (κ1) is 12.2. The fourth-order valence-corrected chi connectivity index (χ4v) is 1.80. The van der Waals surface area contributed by atoms with Gasteiger partial charge in [0.2, 0.25) is 0 Å². The highest BCUT2D eigenvalue weighted by Gasteiger charge is 1.97. The Hall–Kier alpha value is -2.26. The van der Waals surface area contributed by atoms with Crippen LogP contribution in [0.15, 0.2) is 48.5 Å². The highest BCUT2D eigenvalue weighted by molar-refractivity contribution is 5.45. The Morgan fingerprint density at radius 2 is 1.78 bits per heavy atom. The van der Waals surface area contributed by atoms with Gasteiger partial charge in [-0.1, -0.05) is 49.0 Å². The maximum atomic E-state index is 5.97. The first-order valence-electron chi connectivity index (χ1n) is 5.77. The number of rotatable bonds is 3. The maximum absolute atomic E-state index is 5.97. The lowest BCUT2D eigenvalue weighted by Gasteiger charge is -2.13. The monoisotopic (exact) mass is 239 g/mol. The molecule has 0 saturated heterocycles. The van der Waals surface area contributed by atoms with Gasteiger partial charge < -0.3 is 10.7 Å². The van der Waals surface area contributed by atoms with Crippen molar-refractivity contribution in [3.63, 3.8) is 0 Å². The average Bonchev–Trinajstić information content (AvgIpc) is 2.35. The van der Waals surface area contributed by atoms with Crippen LogP contribution in [0, 0.1) is 0 Å². The number of hydrazine groups is 1. The molecule has 0 aromatic heterocycles. The topological polar surface area (TPSA) is 55.3 Å². The molecule has 4 N–H and O–H groups in total. The molecule has 2 aromatic rings. The number of nitrogen functional groups attached to an aromatic ring is 1. The molecule has 0 aliphatic rings. The van der Waals surface area contributed by atoms with E-state index in [1.54, 1.807) is 5.01 Å². The fourth-order valence-electron chi connectivity index (χ4n) is 1.80. The van der Waals surface area contributed by atoms with Crippen LogP contribution < -0.4 is 22.0 Å². The second-order valence-electron chi connectivity index (χ2n) is 4.21. The zero-order valence-corrected chi connectivity index (χ0v) is 10.2. The van der Waals surface area contributed by atoms with Crippen LogP contribution in [0.1, 0.15) is 5.56 Å². The lowest BCUT2D eigenvalue weighted by atomic mass is 10.2. The number of nitrogens with zero attached hydrogens (tertiary/aromatic N) is 1. The SMILES string of the molecule is C=c1cccc(N)/c1=C/N(N)Cc1ccccc1. The second kappa shape index (κ2) is 5.38. The van der Waals surface area contributed by atoms with Crippen molar-refractivity contribution in [2.24, 2.45) is 5.84 Å². The molecule has 18 heavy (non-hydrogen) atoms. The summed E-state index contributed by atoms with van der Waals surface area (Å²) in [6.45, 7) is 4.58. The van der Waals surface area contributed by atoms with Gasteiger partial charge in [0.15, 0.2) is 0 Å². The summed E-state index contributed by atoms with van der Waals surface area (Å²) in [5, 5.41) is 3.37. The highest BCUT2D eigenvalue weighted by Crippen LogP contribution is 2.01. The van der Waals surface area contributed by atoms with Crippen molar-refractivity contribution in [3.8, 4) is 0 Å². The second-order valence-corrected chi connectivity index (χ2v) is 4.21. The molecule has 0 heterocycles. The Morgan fingerprint density at radius 3 is 2.44 bits per heavy atom. The third-order valence-electron chi connectivity index (χ3n) is 2.73. The van der Waals surface area contributed by atoms with E-state index in [-0.39, 0.29) is 0 Å². The van der Waals surface area contributed by atoms with Crippen LogP contribution >= 0.6 is 0 Å². The minimum Gasteiger partial charge on any atom is -0.398 e. The molecule has 0 aliphatic carbocycles. The standard InChI is InChI=1S/C15H17N3/c1-12-6-5-9-15(16)14(12)11-18(17)10-13-7-3-2-4-8-13/h2-9,11H,1,10,16-17H2/b14-11+. The van der Waals surface area contributed by atoms with Crippen LogP contribution in [-0.4, -0.2) is 5.01 Å². The van der Waals surface area contributed by atoms with E-state index >= 15 is 0 Å². The van der Waals surface area contributed by atoms with E-state index < -0.39 is 0 Å². The molecule has 0 spiro atoms. The Labute approximate surface area is 107 Å². The zero-order valence-electron chi connectivity index (χ0n) is 10.2. The van der Waals surface area contributed by atoms with E-state index in [1.165, 1.54) is 0 Å². The maximum Gasteiger partial charge on any atom is 0.0585 e. The quantitative estimate of drug-likeness (QED) is 0.473. The molecule has 0 amide bonds. The molecule has 0 saturated carbocycles. The Morgan fingerprint density at radius 1 is 1.06 bits per heavy atom. The van der Waals surface area contributed by atoms with Crippen LogP contribution in [0.2, 0.25) is 0 Å². The molecule has 2 aromatic carbocycles. The molecule has 3 nitrogen and oxygen atoms in total. The van der Waals surface area contributed by atoms with Gasteiger partial charge in [-0.3, -0.25) is 0 Å². The molecule has 0 fully saturated rings. The van der Waals surface area contributed by atoms with E-state index in [0.29, 0.717) is 12.2 Å². The fraction of sp³-hybridized carbons (Fsp3) is 0.0667. The number of hydrogen-bond acceptors (Lipinski definition) is 3. The summed E-state index contributed by atoms with van der Waals surface area (Å²) in [6, 6.07) is 15.7. The summed E-state index contributed by atoms with van der Waals surface area (Å²) < 4.78 is 0. The number of nitrogens with two attached hydrogens (primary N) is 2. The predicted molar refractivity (Wildman–Crippen MR) is 76.3 cm³/mol. The van der Waals surface area contributed by atoms with E-state index in [4.69, 9.17) is 11.6 Å². The molecule has 92 valence electrons. The lowest BCUT2D eigenvalue weighted by molar-refractivity contribution is 0.425. The molecule has 0 bridgehead atoms. The van der Waals surface area contributed by atoms with Crippen LogP contribution in [0.5, 0.6) is 0 Å². The van der Waals surface area contributed by atoms with Crippen molar-refractivity contribution in [1.29, 1.82) is 0 Å². The minimum absolute atomic E-state index is 0.634. The third kappa shape index (κ3) is 2.90. The van der Waals surface area contributed by atoms with Gasteiger partial charge in [-0.25, -0.2) is 5.84 Å². The van der Waals surface area contributed by atoms with Crippen molar-refractivity contribution in [2.75, 3.05) is 5.73 Å². The lowest BCUT2D eigenvalue weighted by Crippen LogP contribution is -2.33. The van der Waals surface area contributed by atoms with Crippen molar-refractivity contribution >= 4 is 18.5 Å². The van der Waals surface area contributed by atoms with Crippen molar-refractivity contribution in [1.82, 2.24) is 5.01 Å².